The molecular weight excluding hydrogens is 222 g/mol. The van der Waals surface area contributed by atoms with Gasteiger partial charge in [-0.3, -0.25) is 9.80 Å². The quantitative estimate of drug-likeness (QED) is 0.726. The van der Waals surface area contributed by atoms with E-state index in [1.807, 2.05) is 0 Å². The zero-order chi connectivity index (χ0) is 13.2. The van der Waals surface area contributed by atoms with Crippen molar-refractivity contribution in [3.8, 4) is 0 Å². The summed E-state index contributed by atoms with van der Waals surface area (Å²) in [6.07, 6.45) is 6.63. The smallest absolute Gasteiger partial charge is 0.0248 e. The highest BCUT2D eigenvalue weighted by Gasteiger charge is 2.31. The Bertz CT molecular complexity index is 251. The van der Waals surface area contributed by atoms with E-state index < -0.39 is 0 Å². The lowest BCUT2D eigenvalue weighted by Crippen LogP contribution is -2.58. The van der Waals surface area contributed by atoms with E-state index in [1.54, 1.807) is 0 Å². The predicted octanol–water partition coefficient (Wildman–Crippen LogP) is 2.06. The normalized spacial score (nSPS) is 33.3. The van der Waals surface area contributed by atoms with Gasteiger partial charge in [-0.05, 0) is 33.6 Å². The van der Waals surface area contributed by atoms with Gasteiger partial charge in [0.05, 0.1) is 0 Å². The third kappa shape index (κ3) is 3.46. The highest BCUT2D eigenvalue weighted by Crippen LogP contribution is 2.24. The van der Waals surface area contributed by atoms with Gasteiger partial charge >= 0.3 is 0 Å². The van der Waals surface area contributed by atoms with E-state index in [2.05, 4.69) is 30.6 Å². The van der Waals surface area contributed by atoms with Crippen molar-refractivity contribution >= 4 is 0 Å². The van der Waals surface area contributed by atoms with Crippen molar-refractivity contribution in [1.82, 2.24) is 9.80 Å². The molecule has 2 N–H and O–H groups in total. The molecule has 2 fully saturated rings. The van der Waals surface area contributed by atoms with Gasteiger partial charge in [-0.1, -0.05) is 19.3 Å². The molecule has 1 saturated carbocycles. The van der Waals surface area contributed by atoms with Gasteiger partial charge in [0.15, 0.2) is 0 Å². The van der Waals surface area contributed by atoms with Gasteiger partial charge in [0, 0.05) is 43.8 Å². The maximum absolute atomic E-state index is 6.37. The molecule has 0 bridgehead atoms. The van der Waals surface area contributed by atoms with Crippen molar-refractivity contribution in [3.63, 3.8) is 0 Å². The Hall–Kier alpha value is -0.120. The lowest BCUT2D eigenvalue weighted by atomic mass is 9.99. The first kappa shape index (κ1) is 14.3. The van der Waals surface area contributed by atoms with E-state index in [4.69, 9.17) is 5.73 Å². The Morgan fingerprint density at radius 3 is 2.11 bits per heavy atom. The summed E-state index contributed by atoms with van der Waals surface area (Å²) >= 11 is 0. The molecule has 1 aliphatic heterocycles. The molecule has 0 aromatic heterocycles. The summed E-state index contributed by atoms with van der Waals surface area (Å²) in [6, 6.07) is 1.06. The molecule has 3 heteroatoms. The summed E-state index contributed by atoms with van der Waals surface area (Å²) in [5, 5.41) is 0. The second kappa shape index (κ2) is 5.89. The topological polar surface area (TPSA) is 32.5 Å². The van der Waals surface area contributed by atoms with Gasteiger partial charge in [0.25, 0.3) is 0 Å². The minimum absolute atomic E-state index is 0.317. The fourth-order valence-electron chi connectivity index (χ4n) is 3.49. The maximum Gasteiger partial charge on any atom is 0.0248 e. The van der Waals surface area contributed by atoms with Crippen LogP contribution in [-0.2, 0) is 0 Å². The minimum Gasteiger partial charge on any atom is -0.326 e. The van der Waals surface area contributed by atoms with Crippen LogP contribution in [0.4, 0.5) is 0 Å². The van der Waals surface area contributed by atoms with E-state index >= 15 is 0 Å². The van der Waals surface area contributed by atoms with E-state index in [-0.39, 0.29) is 0 Å². The first-order valence-corrected chi connectivity index (χ1v) is 7.73. The SMILES string of the molecule is CC(C)(C)N1CCN(C2CCCCCC2N)CC1. The molecule has 106 valence electrons. The van der Waals surface area contributed by atoms with Crippen molar-refractivity contribution in [2.24, 2.45) is 5.73 Å². The summed E-state index contributed by atoms with van der Waals surface area (Å²) in [5.74, 6) is 0. The third-order valence-corrected chi connectivity index (χ3v) is 4.76. The van der Waals surface area contributed by atoms with Crippen LogP contribution in [-0.4, -0.2) is 53.6 Å². The minimum atomic E-state index is 0.317. The van der Waals surface area contributed by atoms with Crippen molar-refractivity contribution in [2.75, 3.05) is 26.2 Å². The molecule has 3 nitrogen and oxygen atoms in total. The monoisotopic (exact) mass is 253 g/mol. The molecule has 2 unspecified atom stereocenters. The molecule has 0 amide bonds. The van der Waals surface area contributed by atoms with Gasteiger partial charge in [0.1, 0.15) is 0 Å². The second-order valence-corrected chi connectivity index (χ2v) is 7.06. The van der Waals surface area contributed by atoms with Gasteiger partial charge in [-0.25, -0.2) is 0 Å². The highest BCUT2D eigenvalue weighted by molar-refractivity contribution is 4.89. The Balaban J connectivity index is 1.88. The first-order valence-electron chi connectivity index (χ1n) is 7.73. The molecule has 0 spiro atoms. The number of hydrogen-bond acceptors (Lipinski definition) is 3. The van der Waals surface area contributed by atoms with Gasteiger partial charge < -0.3 is 5.73 Å². The van der Waals surface area contributed by atoms with Crippen LogP contribution in [0, 0.1) is 0 Å². The fourth-order valence-corrected chi connectivity index (χ4v) is 3.49. The van der Waals surface area contributed by atoms with Crippen molar-refractivity contribution < 1.29 is 0 Å². The zero-order valence-corrected chi connectivity index (χ0v) is 12.5. The van der Waals surface area contributed by atoms with Crippen LogP contribution in [0.25, 0.3) is 0 Å². The van der Waals surface area contributed by atoms with E-state index in [9.17, 15) is 0 Å². The molecule has 18 heavy (non-hydrogen) atoms. The molecule has 1 saturated heterocycles. The molecule has 0 aromatic rings. The van der Waals surface area contributed by atoms with Crippen LogP contribution >= 0.6 is 0 Å². The average molecular weight is 253 g/mol. The Morgan fingerprint density at radius 1 is 0.889 bits per heavy atom. The van der Waals surface area contributed by atoms with Crippen LogP contribution in [0.15, 0.2) is 0 Å². The maximum atomic E-state index is 6.37. The lowest BCUT2D eigenvalue weighted by Gasteiger charge is -2.45. The number of hydrogen-bond donors (Lipinski definition) is 1. The molecule has 1 aliphatic carbocycles. The molecular formula is C15H31N3. The number of piperazine rings is 1. The zero-order valence-electron chi connectivity index (χ0n) is 12.5. The number of nitrogens with zero attached hydrogens (tertiary/aromatic N) is 2. The fraction of sp³-hybridized carbons (Fsp3) is 1.00. The molecule has 0 aromatic carbocycles. The van der Waals surface area contributed by atoms with Gasteiger partial charge in [-0.15, -0.1) is 0 Å². The van der Waals surface area contributed by atoms with E-state index in [1.165, 1.54) is 58.3 Å². The summed E-state index contributed by atoms with van der Waals surface area (Å²) < 4.78 is 0. The van der Waals surface area contributed by atoms with Crippen molar-refractivity contribution in [2.45, 2.75) is 70.5 Å². The standard InChI is InChI=1S/C15H31N3/c1-15(2,3)18-11-9-17(10-12-18)14-8-6-4-5-7-13(14)16/h13-14H,4-12,16H2,1-3H3. The largest absolute Gasteiger partial charge is 0.326 e. The summed E-state index contributed by atoms with van der Waals surface area (Å²) in [7, 11) is 0. The lowest BCUT2D eigenvalue weighted by molar-refractivity contribution is 0.0344. The van der Waals surface area contributed by atoms with Gasteiger partial charge in [-0.2, -0.15) is 0 Å². The molecule has 2 aliphatic rings. The van der Waals surface area contributed by atoms with Crippen LogP contribution < -0.4 is 5.73 Å². The molecule has 2 atom stereocenters. The van der Waals surface area contributed by atoms with Crippen LogP contribution in [0.1, 0.15) is 52.9 Å². The second-order valence-electron chi connectivity index (χ2n) is 7.06. The number of rotatable bonds is 1. The van der Waals surface area contributed by atoms with E-state index in [0.717, 1.165) is 0 Å². The van der Waals surface area contributed by atoms with Crippen LogP contribution in [0.5, 0.6) is 0 Å². The predicted molar refractivity (Wildman–Crippen MR) is 77.7 cm³/mol. The van der Waals surface area contributed by atoms with Crippen molar-refractivity contribution in [1.29, 1.82) is 0 Å². The Kier molecular flexibility index (Phi) is 4.68. The van der Waals surface area contributed by atoms with Crippen molar-refractivity contribution in [3.05, 3.63) is 0 Å². The van der Waals surface area contributed by atoms with E-state index in [0.29, 0.717) is 17.6 Å². The first-order chi connectivity index (χ1) is 8.48. The summed E-state index contributed by atoms with van der Waals surface area (Å²) in [6.45, 7) is 11.8. The molecule has 0 radical (unpaired) electrons. The molecule has 1 heterocycles. The summed E-state index contributed by atoms with van der Waals surface area (Å²) in [5.41, 5.74) is 6.69. The van der Waals surface area contributed by atoms with Crippen LogP contribution in [0.3, 0.4) is 0 Å². The Labute approximate surface area is 113 Å². The summed E-state index contributed by atoms with van der Waals surface area (Å²) in [4.78, 5) is 5.27. The highest BCUT2D eigenvalue weighted by atomic mass is 15.3. The molecule has 2 rings (SSSR count). The van der Waals surface area contributed by atoms with Crippen LogP contribution in [0.2, 0.25) is 0 Å². The Morgan fingerprint density at radius 2 is 1.50 bits per heavy atom. The third-order valence-electron chi connectivity index (χ3n) is 4.76. The average Bonchev–Trinajstić information content (AvgIpc) is 2.53. The van der Waals surface area contributed by atoms with Gasteiger partial charge in [0.2, 0.25) is 0 Å². The number of nitrogens with two attached hydrogens (primary N) is 1.